The van der Waals surface area contributed by atoms with E-state index in [0.29, 0.717) is 5.82 Å². The highest BCUT2D eigenvalue weighted by Gasteiger charge is 1.90. The summed E-state index contributed by atoms with van der Waals surface area (Å²) in [5, 5.41) is 0. The van der Waals surface area contributed by atoms with E-state index in [1.165, 1.54) is 0 Å². The second-order valence-electron chi connectivity index (χ2n) is 1.76. The van der Waals surface area contributed by atoms with E-state index in [9.17, 15) is 0 Å². The molecule has 0 atom stereocenters. The van der Waals surface area contributed by atoms with Crippen LogP contribution in [0, 0.1) is 0 Å². The normalized spacial score (nSPS) is 9.33. The van der Waals surface area contributed by atoms with Crippen LogP contribution in [0.2, 0.25) is 0 Å². The summed E-state index contributed by atoms with van der Waals surface area (Å²) in [6.45, 7) is 4.30. The van der Waals surface area contributed by atoms with Gasteiger partial charge in [-0.2, -0.15) is 0 Å². The summed E-state index contributed by atoms with van der Waals surface area (Å²) in [5.41, 5.74) is 5.48. The Labute approximate surface area is 53.8 Å². The van der Waals surface area contributed by atoms with Gasteiger partial charge in [0.25, 0.3) is 0 Å². The predicted octanol–water partition coefficient (Wildman–Crippen LogP) is 0.651. The monoisotopic (exact) mass is 123 g/mol. The fraction of sp³-hybridized carbons (Fsp3) is 0.167. The molecule has 0 amide bonds. The van der Waals surface area contributed by atoms with Crippen LogP contribution in [0.15, 0.2) is 25.2 Å². The highest BCUT2D eigenvalue weighted by molar-refractivity contribution is 5.24. The van der Waals surface area contributed by atoms with Crippen molar-refractivity contribution in [1.82, 2.24) is 9.55 Å². The van der Waals surface area contributed by atoms with Crippen LogP contribution >= 0.6 is 0 Å². The molecule has 0 spiro atoms. The summed E-state index contributed by atoms with van der Waals surface area (Å²) < 4.78 is 1.81. The van der Waals surface area contributed by atoms with Gasteiger partial charge in [-0.25, -0.2) is 4.98 Å². The van der Waals surface area contributed by atoms with E-state index in [2.05, 4.69) is 11.6 Å². The maximum Gasteiger partial charge on any atom is 0.123 e. The number of imidazole rings is 1. The van der Waals surface area contributed by atoms with Crippen molar-refractivity contribution in [2.75, 3.05) is 5.73 Å². The predicted molar refractivity (Wildman–Crippen MR) is 36.8 cm³/mol. The minimum Gasteiger partial charge on any atom is -0.384 e. The molecule has 0 saturated heterocycles. The van der Waals surface area contributed by atoms with E-state index in [4.69, 9.17) is 5.73 Å². The van der Waals surface area contributed by atoms with Gasteiger partial charge in [0.2, 0.25) is 0 Å². The number of nitrogens with two attached hydrogens (primary N) is 1. The van der Waals surface area contributed by atoms with Crippen LogP contribution in [-0.4, -0.2) is 9.55 Å². The molecule has 48 valence electrons. The molecule has 0 aliphatic heterocycles. The molecule has 3 heteroatoms. The third kappa shape index (κ3) is 1.10. The molecule has 2 N–H and O–H groups in total. The lowest BCUT2D eigenvalue weighted by Gasteiger charge is -1.96. The number of anilines is 1. The number of nitrogens with zero attached hydrogens (tertiary/aromatic N) is 2. The molecule has 0 aromatic carbocycles. The van der Waals surface area contributed by atoms with E-state index < -0.39 is 0 Å². The first-order valence-corrected chi connectivity index (χ1v) is 2.71. The van der Waals surface area contributed by atoms with Crippen LogP contribution in [0.3, 0.4) is 0 Å². The molecule has 1 rings (SSSR count). The average molecular weight is 123 g/mol. The summed E-state index contributed by atoms with van der Waals surface area (Å²) in [4.78, 5) is 3.83. The van der Waals surface area contributed by atoms with Gasteiger partial charge in [-0.05, 0) is 0 Å². The Kier molecular flexibility index (Phi) is 1.53. The van der Waals surface area contributed by atoms with Gasteiger partial charge in [0.1, 0.15) is 5.82 Å². The fourth-order valence-electron chi connectivity index (χ4n) is 0.623. The van der Waals surface area contributed by atoms with Gasteiger partial charge < -0.3 is 10.3 Å². The zero-order valence-corrected chi connectivity index (χ0v) is 5.12. The lowest BCUT2D eigenvalue weighted by atomic mass is 10.6. The first-order chi connectivity index (χ1) is 4.34. The molecule has 0 saturated carbocycles. The molecule has 1 aromatic heterocycles. The Morgan fingerprint density at radius 3 is 3.11 bits per heavy atom. The quantitative estimate of drug-likeness (QED) is 0.587. The van der Waals surface area contributed by atoms with Gasteiger partial charge in [-0.15, -0.1) is 6.58 Å². The SMILES string of the molecule is C=CCn1cncc1N. The van der Waals surface area contributed by atoms with Crippen molar-refractivity contribution in [3.63, 3.8) is 0 Å². The van der Waals surface area contributed by atoms with E-state index in [0.717, 1.165) is 6.54 Å². The lowest BCUT2D eigenvalue weighted by molar-refractivity contribution is 0.833. The van der Waals surface area contributed by atoms with E-state index in [-0.39, 0.29) is 0 Å². The third-order valence-electron chi connectivity index (χ3n) is 1.07. The van der Waals surface area contributed by atoms with E-state index >= 15 is 0 Å². The first-order valence-electron chi connectivity index (χ1n) is 2.71. The molecule has 0 aliphatic rings. The van der Waals surface area contributed by atoms with Gasteiger partial charge >= 0.3 is 0 Å². The Hall–Kier alpha value is -1.25. The van der Waals surface area contributed by atoms with E-state index in [1.807, 2.05) is 4.57 Å². The summed E-state index contributed by atoms with van der Waals surface area (Å²) in [5.74, 6) is 0.676. The summed E-state index contributed by atoms with van der Waals surface area (Å²) in [6, 6.07) is 0. The molecule has 9 heavy (non-hydrogen) atoms. The molecule has 0 aliphatic carbocycles. The molecule has 3 nitrogen and oxygen atoms in total. The Morgan fingerprint density at radius 2 is 2.67 bits per heavy atom. The molecular weight excluding hydrogens is 114 g/mol. The van der Waals surface area contributed by atoms with Crippen LogP contribution < -0.4 is 5.73 Å². The maximum atomic E-state index is 5.48. The van der Waals surface area contributed by atoms with Crippen molar-refractivity contribution in [2.24, 2.45) is 0 Å². The zero-order chi connectivity index (χ0) is 6.69. The highest BCUT2D eigenvalue weighted by atomic mass is 15.1. The first kappa shape index (κ1) is 5.88. The van der Waals surface area contributed by atoms with Gasteiger partial charge in [-0.1, -0.05) is 6.08 Å². The van der Waals surface area contributed by atoms with E-state index in [1.54, 1.807) is 18.6 Å². The van der Waals surface area contributed by atoms with Crippen molar-refractivity contribution in [3.8, 4) is 0 Å². The largest absolute Gasteiger partial charge is 0.384 e. The van der Waals surface area contributed by atoms with Crippen molar-refractivity contribution < 1.29 is 0 Å². The lowest BCUT2D eigenvalue weighted by Crippen LogP contribution is -1.98. The summed E-state index contributed by atoms with van der Waals surface area (Å²) >= 11 is 0. The van der Waals surface area contributed by atoms with Gasteiger partial charge in [-0.3, -0.25) is 0 Å². The maximum absolute atomic E-state index is 5.48. The summed E-state index contributed by atoms with van der Waals surface area (Å²) in [7, 11) is 0. The highest BCUT2D eigenvalue weighted by Crippen LogP contribution is 1.98. The average Bonchev–Trinajstić information content (AvgIpc) is 2.18. The smallest absolute Gasteiger partial charge is 0.123 e. The fourth-order valence-corrected chi connectivity index (χ4v) is 0.623. The van der Waals surface area contributed by atoms with Crippen molar-refractivity contribution in [3.05, 3.63) is 25.2 Å². The third-order valence-corrected chi connectivity index (χ3v) is 1.07. The number of allylic oxidation sites excluding steroid dienone is 1. The minimum absolute atomic E-state index is 0.676. The van der Waals surface area contributed by atoms with Crippen LogP contribution in [0.4, 0.5) is 5.82 Å². The number of hydrogen-bond donors (Lipinski definition) is 1. The zero-order valence-electron chi connectivity index (χ0n) is 5.12. The number of rotatable bonds is 2. The molecule has 1 aromatic rings. The molecule has 0 bridgehead atoms. The van der Waals surface area contributed by atoms with Crippen molar-refractivity contribution >= 4 is 5.82 Å². The molecule has 0 fully saturated rings. The molecule has 0 unspecified atom stereocenters. The second-order valence-corrected chi connectivity index (χ2v) is 1.76. The van der Waals surface area contributed by atoms with Crippen molar-refractivity contribution in [2.45, 2.75) is 6.54 Å². The molecule has 0 radical (unpaired) electrons. The molecule has 1 heterocycles. The van der Waals surface area contributed by atoms with Gasteiger partial charge in [0.05, 0.1) is 12.5 Å². The van der Waals surface area contributed by atoms with Crippen LogP contribution in [0.1, 0.15) is 0 Å². The second kappa shape index (κ2) is 2.35. The van der Waals surface area contributed by atoms with Gasteiger partial charge in [0, 0.05) is 6.54 Å². The topological polar surface area (TPSA) is 43.8 Å². The number of hydrogen-bond acceptors (Lipinski definition) is 2. The Balaban J connectivity index is 2.80. The standard InChI is InChI=1S/C6H9N3/c1-2-3-9-5-8-4-6(9)7/h2,4-5H,1,3,7H2. The number of nitrogen functional groups attached to an aromatic ring is 1. The van der Waals surface area contributed by atoms with Crippen LogP contribution in [0.25, 0.3) is 0 Å². The number of aromatic nitrogens is 2. The minimum atomic E-state index is 0.676. The summed E-state index contributed by atoms with van der Waals surface area (Å²) in [6.07, 6.45) is 5.07. The van der Waals surface area contributed by atoms with Crippen LogP contribution in [-0.2, 0) is 6.54 Å². The Bertz CT molecular complexity index is 202. The molecular formula is C6H9N3. The van der Waals surface area contributed by atoms with Crippen LogP contribution in [0.5, 0.6) is 0 Å². The van der Waals surface area contributed by atoms with Gasteiger partial charge in [0.15, 0.2) is 0 Å². The van der Waals surface area contributed by atoms with Crippen molar-refractivity contribution in [1.29, 1.82) is 0 Å². The Morgan fingerprint density at radius 1 is 1.89 bits per heavy atom.